The van der Waals surface area contributed by atoms with Gasteiger partial charge < -0.3 is 15.0 Å². The fraction of sp³-hybridized carbons (Fsp3) is 0.769. The molecule has 1 saturated heterocycles. The quantitative estimate of drug-likeness (QED) is 0.849. The number of nitrogens with one attached hydrogen (secondary N) is 1. The van der Waals surface area contributed by atoms with Gasteiger partial charge in [0.1, 0.15) is 0 Å². The van der Waals surface area contributed by atoms with Gasteiger partial charge in [-0.2, -0.15) is 15.0 Å². The molecule has 6 nitrogen and oxygen atoms in total. The van der Waals surface area contributed by atoms with Gasteiger partial charge in [0.2, 0.25) is 11.9 Å². The molecule has 0 amide bonds. The van der Waals surface area contributed by atoms with Gasteiger partial charge >= 0.3 is 6.01 Å². The van der Waals surface area contributed by atoms with Crippen molar-refractivity contribution in [3.8, 4) is 6.01 Å². The molecule has 19 heavy (non-hydrogen) atoms. The van der Waals surface area contributed by atoms with E-state index in [2.05, 4.69) is 32.1 Å². The van der Waals surface area contributed by atoms with Gasteiger partial charge in [-0.15, -0.1) is 0 Å². The van der Waals surface area contributed by atoms with Crippen LogP contribution in [0.5, 0.6) is 6.01 Å². The number of ether oxygens (including phenoxy) is 1. The van der Waals surface area contributed by atoms with E-state index in [1.54, 1.807) is 0 Å². The van der Waals surface area contributed by atoms with Crippen molar-refractivity contribution < 1.29 is 4.74 Å². The number of hydrogen-bond donors (Lipinski definition) is 1. The summed E-state index contributed by atoms with van der Waals surface area (Å²) in [6, 6.07) is 0.414. The maximum Gasteiger partial charge on any atom is 0.323 e. The van der Waals surface area contributed by atoms with Crippen LogP contribution in [0.15, 0.2) is 0 Å². The Bertz CT molecular complexity index is 393. The zero-order chi connectivity index (χ0) is 13.5. The lowest BCUT2D eigenvalue weighted by Gasteiger charge is -2.26. The number of piperidine rings is 1. The molecule has 1 aliphatic rings. The lowest BCUT2D eigenvalue weighted by atomic mass is 10.1. The van der Waals surface area contributed by atoms with Crippen LogP contribution in [0.2, 0.25) is 0 Å². The summed E-state index contributed by atoms with van der Waals surface area (Å²) in [5.74, 6) is 1.35. The Morgan fingerprint density at radius 3 is 2.58 bits per heavy atom. The Kier molecular flexibility index (Phi) is 5.18. The Morgan fingerprint density at radius 1 is 1.11 bits per heavy atom. The molecule has 1 aliphatic heterocycles. The summed E-state index contributed by atoms with van der Waals surface area (Å²) < 4.78 is 5.43. The highest BCUT2D eigenvalue weighted by atomic mass is 16.5. The van der Waals surface area contributed by atoms with Crippen molar-refractivity contribution in [2.45, 2.75) is 39.5 Å². The summed E-state index contributed by atoms with van der Waals surface area (Å²) in [5.41, 5.74) is 0. The molecule has 0 unspecified atom stereocenters. The van der Waals surface area contributed by atoms with E-state index in [0.717, 1.165) is 32.0 Å². The van der Waals surface area contributed by atoms with Crippen LogP contribution in [0, 0.1) is 0 Å². The number of nitrogens with zero attached hydrogens (tertiary/aromatic N) is 4. The predicted molar refractivity (Wildman–Crippen MR) is 75.8 cm³/mol. The van der Waals surface area contributed by atoms with E-state index >= 15 is 0 Å². The number of hydrogen-bond acceptors (Lipinski definition) is 6. The van der Waals surface area contributed by atoms with E-state index in [-0.39, 0.29) is 0 Å². The van der Waals surface area contributed by atoms with E-state index in [4.69, 9.17) is 4.74 Å². The molecule has 0 atom stereocenters. The maximum absolute atomic E-state index is 5.43. The SMILES string of the molecule is CCCNc1nc(OCC)nc(N2CCCCC2)n1. The second-order valence-corrected chi connectivity index (χ2v) is 4.65. The van der Waals surface area contributed by atoms with Crippen LogP contribution < -0.4 is 15.0 Å². The van der Waals surface area contributed by atoms with E-state index in [1.807, 2.05) is 6.92 Å². The molecule has 0 aromatic carbocycles. The minimum Gasteiger partial charge on any atom is -0.464 e. The molecule has 0 bridgehead atoms. The van der Waals surface area contributed by atoms with Crippen molar-refractivity contribution >= 4 is 11.9 Å². The molecule has 6 heteroatoms. The standard InChI is InChI=1S/C13H23N5O/c1-3-8-14-11-15-12(17-13(16-11)19-4-2)18-9-6-5-7-10-18/h3-10H2,1-2H3,(H,14,15,16,17). The van der Waals surface area contributed by atoms with Crippen molar-refractivity contribution in [2.75, 3.05) is 36.5 Å². The van der Waals surface area contributed by atoms with Crippen molar-refractivity contribution in [2.24, 2.45) is 0 Å². The zero-order valence-corrected chi connectivity index (χ0v) is 11.9. The van der Waals surface area contributed by atoms with Gasteiger partial charge in [0.05, 0.1) is 6.61 Å². The average molecular weight is 265 g/mol. The van der Waals surface area contributed by atoms with Crippen molar-refractivity contribution in [3.05, 3.63) is 0 Å². The van der Waals surface area contributed by atoms with Gasteiger partial charge in [-0.25, -0.2) is 0 Å². The van der Waals surface area contributed by atoms with E-state index in [9.17, 15) is 0 Å². The molecule has 2 rings (SSSR count). The summed E-state index contributed by atoms with van der Waals surface area (Å²) in [6.45, 7) is 7.50. The Balaban J connectivity index is 2.17. The van der Waals surface area contributed by atoms with Crippen LogP contribution in [0.4, 0.5) is 11.9 Å². The van der Waals surface area contributed by atoms with Crippen LogP contribution in [-0.4, -0.2) is 41.2 Å². The number of rotatable bonds is 6. The first kappa shape index (κ1) is 13.8. The monoisotopic (exact) mass is 265 g/mol. The molecule has 0 saturated carbocycles. The van der Waals surface area contributed by atoms with Crippen LogP contribution in [-0.2, 0) is 0 Å². The third kappa shape index (κ3) is 3.94. The number of anilines is 2. The molecule has 0 aliphatic carbocycles. The second kappa shape index (κ2) is 7.11. The van der Waals surface area contributed by atoms with E-state index in [0.29, 0.717) is 18.6 Å². The largest absolute Gasteiger partial charge is 0.464 e. The highest BCUT2D eigenvalue weighted by Crippen LogP contribution is 2.19. The minimum atomic E-state index is 0.414. The smallest absolute Gasteiger partial charge is 0.323 e. The highest BCUT2D eigenvalue weighted by molar-refractivity contribution is 5.38. The van der Waals surface area contributed by atoms with Crippen LogP contribution in [0.25, 0.3) is 0 Å². The molecule has 0 spiro atoms. The lowest BCUT2D eigenvalue weighted by molar-refractivity contribution is 0.311. The molecular formula is C13H23N5O. The van der Waals surface area contributed by atoms with E-state index in [1.165, 1.54) is 19.3 Å². The van der Waals surface area contributed by atoms with Crippen molar-refractivity contribution in [1.82, 2.24) is 15.0 Å². The highest BCUT2D eigenvalue weighted by Gasteiger charge is 2.16. The summed E-state index contributed by atoms with van der Waals surface area (Å²) in [5, 5.41) is 3.20. The van der Waals surface area contributed by atoms with Gasteiger partial charge in [0, 0.05) is 19.6 Å². The van der Waals surface area contributed by atoms with Crippen LogP contribution >= 0.6 is 0 Å². The molecule has 1 N–H and O–H groups in total. The average Bonchev–Trinajstić information content (AvgIpc) is 2.46. The molecule has 0 radical (unpaired) electrons. The van der Waals surface area contributed by atoms with E-state index < -0.39 is 0 Å². The maximum atomic E-state index is 5.43. The molecule has 2 heterocycles. The fourth-order valence-corrected chi connectivity index (χ4v) is 2.09. The van der Waals surface area contributed by atoms with Gasteiger partial charge in [0.25, 0.3) is 0 Å². The molecule has 1 aromatic rings. The molecular weight excluding hydrogens is 242 g/mol. The van der Waals surface area contributed by atoms with Crippen LogP contribution in [0.1, 0.15) is 39.5 Å². The Morgan fingerprint density at radius 2 is 1.89 bits per heavy atom. The summed E-state index contributed by atoms with van der Waals surface area (Å²) in [7, 11) is 0. The first-order valence-electron chi connectivity index (χ1n) is 7.21. The summed E-state index contributed by atoms with van der Waals surface area (Å²) in [4.78, 5) is 15.4. The molecule has 1 fully saturated rings. The normalized spacial score (nSPS) is 15.4. The topological polar surface area (TPSA) is 63.2 Å². The summed E-state index contributed by atoms with van der Waals surface area (Å²) in [6.07, 6.45) is 4.73. The van der Waals surface area contributed by atoms with Crippen molar-refractivity contribution in [1.29, 1.82) is 0 Å². The first-order valence-corrected chi connectivity index (χ1v) is 7.21. The lowest BCUT2D eigenvalue weighted by Crippen LogP contribution is -2.31. The Hall–Kier alpha value is -1.59. The van der Waals surface area contributed by atoms with Gasteiger partial charge in [-0.3, -0.25) is 0 Å². The molecule has 1 aromatic heterocycles. The first-order chi connectivity index (χ1) is 9.33. The Labute approximate surface area is 114 Å². The third-order valence-electron chi connectivity index (χ3n) is 3.05. The third-order valence-corrected chi connectivity index (χ3v) is 3.05. The van der Waals surface area contributed by atoms with Gasteiger partial charge in [-0.05, 0) is 32.6 Å². The molecule has 106 valence electrons. The fourth-order valence-electron chi connectivity index (χ4n) is 2.09. The second-order valence-electron chi connectivity index (χ2n) is 4.65. The van der Waals surface area contributed by atoms with Gasteiger partial charge in [0.15, 0.2) is 0 Å². The summed E-state index contributed by atoms with van der Waals surface area (Å²) >= 11 is 0. The number of aromatic nitrogens is 3. The van der Waals surface area contributed by atoms with Crippen LogP contribution in [0.3, 0.4) is 0 Å². The van der Waals surface area contributed by atoms with Crippen molar-refractivity contribution in [3.63, 3.8) is 0 Å². The zero-order valence-electron chi connectivity index (χ0n) is 11.9. The minimum absolute atomic E-state index is 0.414. The predicted octanol–water partition coefficient (Wildman–Crippen LogP) is 2.08. The van der Waals surface area contributed by atoms with Gasteiger partial charge in [-0.1, -0.05) is 6.92 Å².